The van der Waals surface area contributed by atoms with Gasteiger partial charge in [0.1, 0.15) is 5.75 Å². The van der Waals surface area contributed by atoms with Gasteiger partial charge in [-0.15, -0.1) is 0 Å². The Hall–Kier alpha value is -2.14. The molecule has 118 valence electrons. The van der Waals surface area contributed by atoms with E-state index >= 15 is 0 Å². The molecule has 2 N–H and O–H groups in total. The Morgan fingerprint density at radius 1 is 1.27 bits per heavy atom. The van der Waals surface area contributed by atoms with Gasteiger partial charge in [-0.3, -0.25) is 4.79 Å². The van der Waals surface area contributed by atoms with Gasteiger partial charge in [-0.05, 0) is 50.6 Å². The minimum atomic E-state index is -0.319. The topological polar surface area (TPSA) is 70.1 Å². The van der Waals surface area contributed by atoms with Crippen LogP contribution < -0.4 is 16.0 Å². The number of nitrogens with two attached hydrogens (primary N) is 1. The van der Waals surface area contributed by atoms with Gasteiger partial charge in [0, 0.05) is 23.7 Å². The highest BCUT2D eigenvalue weighted by atomic mass is 16.5. The summed E-state index contributed by atoms with van der Waals surface area (Å²) in [5.41, 5.74) is 8.11. The molecule has 22 heavy (non-hydrogen) atoms. The van der Waals surface area contributed by atoms with Crippen LogP contribution in [0.5, 0.6) is 5.75 Å². The summed E-state index contributed by atoms with van der Waals surface area (Å²) >= 11 is 0. The van der Waals surface area contributed by atoms with Crippen LogP contribution in [0, 0.1) is 0 Å². The van der Waals surface area contributed by atoms with Crippen LogP contribution in [0.2, 0.25) is 0 Å². The second kappa shape index (κ2) is 7.22. The maximum Gasteiger partial charge on any atom is 0.271 e. The molecule has 0 spiro atoms. The van der Waals surface area contributed by atoms with Crippen molar-refractivity contribution < 1.29 is 4.74 Å². The SMILES string of the molecule is CCCn1nc(-c2ccc(OCC)cc2)cc(C(C)N)c1=O. The van der Waals surface area contributed by atoms with E-state index in [4.69, 9.17) is 10.5 Å². The molecule has 0 saturated carbocycles. The summed E-state index contributed by atoms with van der Waals surface area (Å²) in [6, 6.07) is 9.16. The first-order valence-corrected chi connectivity index (χ1v) is 7.67. The van der Waals surface area contributed by atoms with Crippen LogP contribution in [-0.4, -0.2) is 16.4 Å². The molecule has 1 aromatic carbocycles. The summed E-state index contributed by atoms with van der Waals surface area (Å²) in [6.07, 6.45) is 0.845. The number of aromatic nitrogens is 2. The molecule has 0 bridgehead atoms. The molecule has 1 heterocycles. The van der Waals surface area contributed by atoms with Crippen LogP contribution >= 0.6 is 0 Å². The van der Waals surface area contributed by atoms with Crippen LogP contribution in [0.1, 0.15) is 38.8 Å². The van der Waals surface area contributed by atoms with Crippen molar-refractivity contribution >= 4 is 0 Å². The first kappa shape index (κ1) is 16.2. The fourth-order valence-corrected chi connectivity index (χ4v) is 2.28. The van der Waals surface area contributed by atoms with Gasteiger partial charge in [-0.25, -0.2) is 4.68 Å². The third kappa shape index (κ3) is 3.54. The second-order valence-electron chi connectivity index (χ2n) is 5.26. The molecule has 0 fully saturated rings. The van der Waals surface area contributed by atoms with Crippen LogP contribution in [-0.2, 0) is 6.54 Å². The lowest BCUT2D eigenvalue weighted by Crippen LogP contribution is -2.29. The van der Waals surface area contributed by atoms with Gasteiger partial charge < -0.3 is 10.5 Å². The quantitative estimate of drug-likeness (QED) is 0.890. The van der Waals surface area contributed by atoms with E-state index in [0.717, 1.165) is 23.4 Å². The number of aryl methyl sites for hydroxylation is 1. The van der Waals surface area contributed by atoms with E-state index in [1.165, 1.54) is 4.68 Å². The number of rotatable bonds is 6. The van der Waals surface area contributed by atoms with Gasteiger partial charge in [0.25, 0.3) is 5.56 Å². The van der Waals surface area contributed by atoms with Crippen LogP contribution in [0.15, 0.2) is 35.1 Å². The van der Waals surface area contributed by atoms with E-state index in [9.17, 15) is 4.79 Å². The third-order valence-electron chi connectivity index (χ3n) is 3.39. The molecule has 2 aromatic rings. The molecule has 5 nitrogen and oxygen atoms in total. The van der Waals surface area contributed by atoms with Crippen molar-refractivity contribution in [1.29, 1.82) is 0 Å². The van der Waals surface area contributed by atoms with E-state index in [1.807, 2.05) is 45.0 Å². The zero-order valence-electron chi connectivity index (χ0n) is 13.4. The molecule has 0 aliphatic carbocycles. The van der Waals surface area contributed by atoms with E-state index in [0.29, 0.717) is 18.7 Å². The maximum absolute atomic E-state index is 12.3. The monoisotopic (exact) mass is 301 g/mol. The molecule has 0 amide bonds. The molecule has 0 radical (unpaired) electrons. The zero-order chi connectivity index (χ0) is 16.1. The van der Waals surface area contributed by atoms with Crippen LogP contribution in [0.3, 0.4) is 0 Å². The maximum atomic E-state index is 12.3. The lowest BCUT2D eigenvalue weighted by molar-refractivity contribution is 0.340. The average Bonchev–Trinajstić information content (AvgIpc) is 2.50. The number of nitrogens with zero attached hydrogens (tertiary/aromatic N) is 2. The Kier molecular flexibility index (Phi) is 5.33. The fourth-order valence-electron chi connectivity index (χ4n) is 2.28. The molecule has 2 rings (SSSR count). The molecule has 1 unspecified atom stereocenters. The molecule has 0 aliphatic heterocycles. The highest BCUT2D eigenvalue weighted by Gasteiger charge is 2.12. The molecule has 1 atom stereocenters. The molecule has 5 heteroatoms. The average molecular weight is 301 g/mol. The van der Waals surface area contributed by atoms with E-state index in [1.54, 1.807) is 6.07 Å². The highest BCUT2D eigenvalue weighted by Crippen LogP contribution is 2.21. The van der Waals surface area contributed by atoms with E-state index in [-0.39, 0.29) is 11.6 Å². The Labute approximate surface area is 130 Å². The fraction of sp³-hybridized carbons (Fsp3) is 0.412. The summed E-state index contributed by atoms with van der Waals surface area (Å²) in [7, 11) is 0. The largest absolute Gasteiger partial charge is 0.494 e. The summed E-state index contributed by atoms with van der Waals surface area (Å²) < 4.78 is 6.95. The van der Waals surface area contributed by atoms with Gasteiger partial charge in [-0.2, -0.15) is 5.10 Å². The molecular weight excluding hydrogens is 278 g/mol. The van der Waals surface area contributed by atoms with Crippen molar-refractivity contribution in [3.05, 3.63) is 46.2 Å². The summed E-state index contributed by atoms with van der Waals surface area (Å²) in [6.45, 7) is 7.00. The van der Waals surface area contributed by atoms with Gasteiger partial charge >= 0.3 is 0 Å². The number of ether oxygens (including phenoxy) is 1. The smallest absolute Gasteiger partial charge is 0.271 e. The first-order valence-electron chi connectivity index (χ1n) is 7.67. The van der Waals surface area contributed by atoms with Gasteiger partial charge in [0.05, 0.1) is 12.3 Å². The lowest BCUT2D eigenvalue weighted by Gasteiger charge is -2.12. The highest BCUT2D eigenvalue weighted by molar-refractivity contribution is 5.60. The minimum absolute atomic E-state index is 0.105. The lowest BCUT2D eigenvalue weighted by atomic mass is 10.1. The normalized spacial score (nSPS) is 12.2. The third-order valence-corrected chi connectivity index (χ3v) is 3.39. The zero-order valence-corrected chi connectivity index (χ0v) is 13.4. The Balaban J connectivity index is 2.47. The van der Waals surface area contributed by atoms with Gasteiger partial charge in [0.2, 0.25) is 0 Å². The van der Waals surface area contributed by atoms with E-state index < -0.39 is 0 Å². The van der Waals surface area contributed by atoms with E-state index in [2.05, 4.69) is 5.10 Å². The molecule has 0 aliphatic rings. The Morgan fingerprint density at radius 2 is 1.95 bits per heavy atom. The standard InChI is InChI=1S/C17H23N3O2/c1-4-10-20-17(21)15(12(3)18)11-16(19-20)13-6-8-14(9-7-13)22-5-2/h6-9,11-12H,4-5,10,18H2,1-3H3. The number of benzene rings is 1. The summed E-state index contributed by atoms with van der Waals surface area (Å²) in [5.74, 6) is 0.820. The van der Waals surface area contributed by atoms with Crippen LogP contribution in [0.25, 0.3) is 11.3 Å². The van der Waals surface area contributed by atoms with Crippen LogP contribution in [0.4, 0.5) is 0 Å². The van der Waals surface area contributed by atoms with Gasteiger partial charge in [0.15, 0.2) is 0 Å². The van der Waals surface area contributed by atoms with Crippen molar-refractivity contribution in [2.45, 2.75) is 39.8 Å². The predicted molar refractivity (Wildman–Crippen MR) is 88.0 cm³/mol. The molecule has 1 aromatic heterocycles. The number of hydrogen-bond acceptors (Lipinski definition) is 4. The minimum Gasteiger partial charge on any atom is -0.494 e. The number of hydrogen-bond donors (Lipinski definition) is 1. The van der Waals surface area contributed by atoms with Crippen molar-refractivity contribution in [3.8, 4) is 17.0 Å². The van der Waals surface area contributed by atoms with Crippen molar-refractivity contribution in [2.24, 2.45) is 5.73 Å². The molecular formula is C17H23N3O2. The van der Waals surface area contributed by atoms with Crippen molar-refractivity contribution in [2.75, 3.05) is 6.61 Å². The van der Waals surface area contributed by atoms with Crippen molar-refractivity contribution in [1.82, 2.24) is 9.78 Å². The Bertz CT molecular complexity index is 675. The molecule has 0 saturated heterocycles. The summed E-state index contributed by atoms with van der Waals surface area (Å²) in [4.78, 5) is 12.3. The predicted octanol–water partition coefficient (Wildman–Crippen LogP) is 2.74. The van der Waals surface area contributed by atoms with Crippen molar-refractivity contribution in [3.63, 3.8) is 0 Å². The first-order chi connectivity index (χ1) is 10.6. The Morgan fingerprint density at radius 3 is 2.50 bits per heavy atom. The summed E-state index contributed by atoms with van der Waals surface area (Å²) in [5, 5.41) is 4.46. The second-order valence-corrected chi connectivity index (χ2v) is 5.26. The van der Waals surface area contributed by atoms with Gasteiger partial charge in [-0.1, -0.05) is 6.92 Å².